The van der Waals surface area contributed by atoms with Crippen molar-refractivity contribution in [1.82, 2.24) is 14.5 Å². The molecule has 8 nitrogen and oxygen atoms in total. The van der Waals surface area contributed by atoms with E-state index >= 15 is 0 Å². The summed E-state index contributed by atoms with van der Waals surface area (Å²) in [5, 5.41) is 9.77. The van der Waals surface area contributed by atoms with Gasteiger partial charge in [-0.15, -0.1) is 0 Å². The average molecular weight is 341 g/mol. The molecule has 0 radical (unpaired) electrons. The van der Waals surface area contributed by atoms with E-state index in [1.54, 1.807) is 12.1 Å². The van der Waals surface area contributed by atoms with Crippen LogP contribution in [0.2, 0.25) is 0 Å². The minimum absolute atomic E-state index is 0.112. The maximum Gasteiger partial charge on any atom is 0.308 e. The highest BCUT2D eigenvalue weighted by Gasteiger charge is 2.31. The fraction of sp³-hybridized carbons (Fsp3) is 0.294. The number of benzene rings is 1. The summed E-state index contributed by atoms with van der Waals surface area (Å²) < 4.78 is 6.78. The monoisotopic (exact) mass is 341 g/mol. The summed E-state index contributed by atoms with van der Waals surface area (Å²) >= 11 is 0. The third-order valence-corrected chi connectivity index (χ3v) is 4.55. The number of aromatic nitrogens is 2. The number of amides is 1. The lowest BCUT2D eigenvalue weighted by molar-refractivity contribution is -0.141. The number of carboxylic acids is 1. The van der Waals surface area contributed by atoms with Gasteiger partial charge in [-0.05, 0) is 18.6 Å². The molecule has 4 rings (SSSR count). The van der Waals surface area contributed by atoms with Crippen LogP contribution in [0, 0.1) is 5.92 Å². The highest BCUT2D eigenvalue weighted by atomic mass is 16.4. The zero-order valence-corrected chi connectivity index (χ0v) is 13.2. The number of hydrogen-bond donors (Lipinski definition) is 1. The van der Waals surface area contributed by atoms with Crippen molar-refractivity contribution in [1.29, 1.82) is 0 Å². The van der Waals surface area contributed by atoms with Crippen molar-refractivity contribution in [3.05, 3.63) is 40.9 Å². The highest BCUT2D eigenvalue weighted by molar-refractivity contribution is 6.01. The zero-order chi connectivity index (χ0) is 17.6. The van der Waals surface area contributed by atoms with E-state index in [-0.39, 0.29) is 24.6 Å². The lowest BCUT2D eigenvalue weighted by Gasteiger charge is -2.16. The normalized spacial score (nSPS) is 17.4. The van der Waals surface area contributed by atoms with Crippen LogP contribution in [0.15, 0.2) is 39.8 Å². The Kier molecular flexibility index (Phi) is 3.52. The standard InChI is InChI=1S/C17H15N3O5/c21-13(19-6-5-10(7-19)17(23)24)8-20-9-18-14-11-3-1-2-4-12(11)25-15(14)16(20)22/h1-4,9-10H,5-8H2,(H,23,24). The minimum Gasteiger partial charge on any atom is -0.481 e. The minimum atomic E-state index is -0.905. The molecule has 25 heavy (non-hydrogen) atoms. The summed E-state index contributed by atoms with van der Waals surface area (Å²) in [6.07, 6.45) is 1.76. The molecular formula is C17H15N3O5. The SMILES string of the molecule is O=C(O)C1CCN(C(=O)Cn2cnc3c(oc4ccccc43)c2=O)C1. The van der Waals surface area contributed by atoms with Crippen molar-refractivity contribution in [3.8, 4) is 0 Å². The van der Waals surface area contributed by atoms with Gasteiger partial charge in [0.15, 0.2) is 0 Å². The van der Waals surface area contributed by atoms with Gasteiger partial charge in [0.05, 0.1) is 12.2 Å². The molecule has 1 atom stereocenters. The molecule has 1 aliphatic rings. The predicted molar refractivity (Wildman–Crippen MR) is 88.1 cm³/mol. The van der Waals surface area contributed by atoms with Crippen LogP contribution in [0.1, 0.15) is 6.42 Å². The van der Waals surface area contributed by atoms with Gasteiger partial charge in [0.25, 0.3) is 5.56 Å². The number of furan rings is 1. The Morgan fingerprint density at radius 2 is 2.12 bits per heavy atom. The number of para-hydroxylation sites is 1. The third-order valence-electron chi connectivity index (χ3n) is 4.55. The van der Waals surface area contributed by atoms with Gasteiger partial charge < -0.3 is 14.4 Å². The summed E-state index contributed by atoms with van der Waals surface area (Å²) in [6.45, 7) is 0.360. The summed E-state index contributed by atoms with van der Waals surface area (Å²) in [4.78, 5) is 41.7. The number of hydrogen-bond acceptors (Lipinski definition) is 5. The lowest BCUT2D eigenvalue weighted by atomic mass is 10.1. The van der Waals surface area contributed by atoms with Gasteiger partial charge in [-0.2, -0.15) is 0 Å². The number of nitrogens with zero attached hydrogens (tertiary/aromatic N) is 3. The molecule has 0 aliphatic carbocycles. The first kappa shape index (κ1) is 15.4. The van der Waals surface area contributed by atoms with Crippen molar-refractivity contribution >= 4 is 33.9 Å². The Bertz CT molecular complexity index is 1050. The zero-order valence-electron chi connectivity index (χ0n) is 13.2. The Morgan fingerprint density at radius 1 is 1.32 bits per heavy atom. The molecule has 1 amide bonds. The second-order valence-electron chi connectivity index (χ2n) is 6.12. The van der Waals surface area contributed by atoms with Gasteiger partial charge in [0.2, 0.25) is 11.5 Å². The van der Waals surface area contributed by atoms with Crippen LogP contribution in [0.3, 0.4) is 0 Å². The van der Waals surface area contributed by atoms with Crippen LogP contribution < -0.4 is 5.56 Å². The Balaban J connectivity index is 1.63. The number of carbonyl (C=O) groups is 2. The predicted octanol–water partition coefficient (Wildman–Crippen LogP) is 1.08. The average Bonchev–Trinajstić information content (AvgIpc) is 3.22. The number of carboxylic acid groups (broad SMARTS) is 1. The second-order valence-corrected chi connectivity index (χ2v) is 6.12. The molecule has 8 heteroatoms. The fourth-order valence-electron chi connectivity index (χ4n) is 3.16. The van der Waals surface area contributed by atoms with Crippen LogP contribution in [-0.2, 0) is 16.1 Å². The smallest absolute Gasteiger partial charge is 0.308 e. The van der Waals surface area contributed by atoms with E-state index in [0.717, 1.165) is 5.39 Å². The molecule has 1 saturated heterocycles. The molecule has 128 valence electrons. The van der Waals surface area contributed by atoms with Crippen LogP contribution >= 0.6 is 0 Å². The van der Waals surface area contributed by atoms with E-state index in [2.05, 4.69) is 4.98 Å². The number of aliphatic carboxylic acids is 1. The highest BCUT2D eigenvalue weighted by Crippen LogP contribution is 2.24. The molecule has 1 unspecified atom stereocenters. The number of rotatable bonds is 3. The second kappa shape index (κ2) is 5.73. The maximum absolute atomic E-state index is 12.6. The molecule has 2 aromatic heterocycles. The molecule has 1 aliphatic heterocycles. The first-order valence-electron chi connectivity index (χ1n) is 7.92. The molecular weight excluding hydrogens is 326 g/mol. The van der Waals surface area contributed by atoms with Crippen LogP contribution in [0.4, 0.5) is 0 Å². The fourth-order valence-corrected chi connectivity index (χ4v) is 3.16. The van der Waals surface area contributed by atoms with E-state index in [1.165, 1.54) is 15.8 Å². The Hall–Kier alpha value is -3.16. The molecule has 1 fully saturated rings. The van der Waals surface area contributed by atoms with Gasteiger partial charge in [-0.25, -0.2) is 4.98 Å². The van der Waals surface area contributed by atoms with E-state index in [9.17, 15) is 14.4 Å². The quantitative estimate of drug-likeness (QED) is 0.764. The lowest BCUT2D eigenvalue weighted by Crippen LogP contribution is -2.35. The third kappa shape index (κ3) is 2.55. The van der Waals surface area contributed by atoms with Gasteiger partial charge in [0, 0.05) is 18.5 Å². The van der Waals surface area contributed by atoms with Crippen LogP contribution in [0.25, 0.3) is 22.1 Å². The molecule has 3 aromatic rings. The van der Waals surface area contributed by atoms with Gasteiger partial charge in [0.1, 0.15) is 17.6 Å². The molecule has 0 saturated carbocycles. The molecule has 1 aromatic carbocycles. The van der Waals surface area contributed by atoms with E-state index in [4.69, 9.17) is 9.52 Å². The van der Waals surface area contributed by atoms with Crippen molar-refractivity contribution in [2.75, 3.05) is 13.1 Å². The Labute approximate surface area is 141 Å². The topological polar surface area (TPSA) is 106 Å². The van der Waals surface area contributed by atoms with E-state index in [1.807, 2.05) is 12.1 Å². The van der Waals surface area contributed by atoms with Crippen molar-refractivity contribution in [3.63, 3.8) is 0 Å². The van der Waals surface area contributed by atoms with Gasteiger partial charge in [-0.3, -0.25) is 19.0 Å². The van der Waals surface area contributed by atoms with E-state index < -0.39 is 17.4 Å². The van der Waals surface area contributed by atoms with Crippen LogP contribution in [0.5, 0.6) is 0 Å². The summed E-state index contributed by atoms with van der Waals surface area (Å²) in [7, 11) is 0. The number of carbonyl (C=O) groups excluding carboxylic acids is 1. The van der Waals surface area contributed by atoms with Crippen molar-refractivity contribution in [2.45, 2.75) is 13.0 Å². The van der Waals surface area contributed by atoms with Gasteiger partial charge in [-0.1, -0.05) is 12.1 Å². The molecule has 1 N–H and O–H groups in total. The number of likely N-dealkylation sites (tertiary alicyclic amines) is 1. The molecule has 0 bridgehead atoms. The van der Waals surface area contributed by atoms with E-state index in [0.29, 0.717) is 24.1 Å². The summed E-state index contributed by atoms with van der Waals surface area (Å²) in [5.74, 6) is -1.75. The summed E-state index contributed by atoms with van der Waals surface area (Å²) in [6, 6.07) is 7.21. The Morgan fingerprint density at radius 3 is 2.88 bits per heavy atom. The van der Waals surface area contributed by atoms with Crippen molar-refractivity contribution < 1.29 is 19.1 Å². The number of fused-ring (bicyclic) bond motifs is 3. The largest absolute Gasteiger partial charge is 0.481 e. The molecule has 3 heterocycles. The first-order valence-corrected chi connectivity index (χ1v) is 7.92. The van der Waals surface area contributed by atoms with Crippen LogP contribution in [-0.4, -0.2) is 44.5 Å². The first-order chi connectivity index (χ1) is 12.0. The van der Waals surface area contributed by atoms with Gasteiger partial charge >= 0.3 is 5.97 Å². The molecule has 0 spiro atoms. The summed E-state index contributed by atoms with van der Waals surface area (Å²) in [5.41, 5.74) is 0.719. The van der Waals surface area contributed by atoms with Crippen molar-refractivity contribution in [2.24, 2.45) is 5.92 Å². The maximum atomic E-state index is 12.6.